The van der Waals surface area contributed by atoms with E-state index in [4.69, 9.17) is 9.78 Å². The molecule has 13 heavy (non-hydrogen) atoms. The van der Waals surface area contributed by atoms with Gasteiger partial charge in [-0.1, -0.05) is 13.8 Å². The number of hydrogen-bond donors (Lipinski definition) is 1. The smallest absolute Gasteiger partial charge is 0.196 e. The molecular weight excluding hydrogens is 168 g/mol. The molecule has 0 aromatic carbocycles. The summed E-state index contributed by atoms with van der Waals surface area (Å²) in [6.45, 7) is 11.3. The van der Waals surface area contributed by atoms with Gasteiger partial charge >= 0.3 is 0 Å². The molecule has 3 nitrogen and oxygen atoms in total. The average Bonchev–Trinajstić information content (AvgIpc) is 1.79. The molecule has 0 aliphatic rings. The third kappa shape index (κ3) is 8.22. The van der Waals surface area contributed by atoms with Gasteiger partial charge in [0, 0.05) is 6.42 Å². The van der Waals surface area contributed by atoms with E-state index in [1.807, 2.05) is 34.6 Å². The normalized spacial score (nSPS) is 17.5. The minimum absolute atomic E-state index is 0.374. The van der Waals surface area contributed by atoms with Crippen LogP contribution in [-0.2, 0) is 9.78 Å². The third-order valence-electron chi connectivity index (χ3n) is 1.26. The molecule has 1 N–H and O–H groups in total. The maximum absolute atomic E-state index is 9.70. The maximum Gasteiger partial charge on any atom is 0.196 e. The third-order valence-corrected chi connectivity index (χ3v) is 1.26. The van der Waals surface area contributed by atoms with E-state index >= 15 is 0 Å². The quantitative estimate of drug-likeness (QED) is 0.420. The van der Waals surface area contributed by atoms with Crippen molar-refractivity contribution in [2.45, 2.75) is 59.4 Å². The van der Waals surface area contributed by atoms with Gasteiger partial charge in [-0.25, -0.2) is 9.78 Å². The highest BCUT2D eigenvalue weighted by atomic mass is 17.2. The zero-order chi connectivity index (χ0) is 10.7. The second-order valence-electron chi connectivity index (χ2n) is 5.05. The Morgan fingerprint density at radius 1 is 1.08 bits per heavy atom. The van der Waals surface area contributed by atoms with Gasteiger partial charge in [0.25, 0.3) is 0 Å². The first kappa shape index (κ1) is 12.9. The second kappa shape index (κ2) is 4.40. The SMILES string of the molecule is CC(C)CC(C)(O)OOC(C)(C)C. The molecule has 0 saturated heterocycles. The fraction of sp³-hybridized carbons (Fsp3) is 1.00. The van der Waals surface area contributed by atoms with Gasteiger partial charge in [-0.3, -0.25) is 0 Å². The molecule has 0 aliphatic heterocycles. The van der Waals surface area contributed by atoms with E-state index in [2.05, 4.69) is 0 Å². The Hall–Kier alpha value is -0.120. The molecule has 0 radical (unpaired) electrons. The van der Waals surface area contributed by atoms with Crippen LogP contribution in [-0.4, -0.2) is 16.5 Å². The maximum atomic E-state index is 9.70. The molecule has 1 unspecified atom stereocenters. The van der Waals surface area contributed by atoms with Gasteiger partial charge in [0.05, 0.1) is 5.60 Å². The van der Waals surface area contributed by atoms with Crippen LogP contribution in [0.3, 0.4) is 0 Å². The minimum atomic E-state index is -1.19. The van der Waals surface area contributed by atoms with Crippen LogP contribution >= 0.6 is 0 Å². The summed E-state index contributed by atoms with van der Waals surface area (Å²) in [6.07, 6.45) is 0.559. The van der Waals surface area contributed by atoms with E-state index in [1.54, 1.807) is 6.92 Å². The Morgan fingerprint density at radius 2 is 1.54 bits per heavy atom. The van der Waals surface area contributed by atoms with Crippen molar-refractivity contribution in [3.8, 4) is 0 Å². The molecule has 3 heteroatoms. The van der Waals surface area contributed by atoms with Gasteiger partial charge in [0.15, 0.2) is 5.79 Å². The summed E-state index contributed by atoms with van der Waals surface area (Å²) in [7, 11) is 0. The summed E-state index contributed by atoms with van der Waals surface area (Å²) < 4.78 is 0. The highest BCUT2D eigenvalue weighted by Gasteiger charge is 2.26. The number of aliphatic hydroxyl groups is 1. The molecule has 80 valence electrons. The molecule has 0 aromatic rings. The van der Waals surface area contributed by atoms with E-state index in [0.29, 0.717) is 12.3 Å². The lowest BCUT2D eigenvalue weighted by Gasteiger charge is -2.28. The van der Waals surface area contributed by atoms with Crippen LogP contribution in [0.25, 0.3) is 0 Å². The van der Waals surface area contributed by atoms with Crippen molar-refractivity contribution in [1.82, 2.24) is 0 Å². The van der Waals surface area contributed by atoms with Gasteiger partial charge in [-0.15, -0.1) is 0 Å². The van der Waals surface area contributed by atoms with E-state index in [-0.39, 0.29) is 5.60 Å². The van der Waals surface area contributed by atoms with Gasteiger partial charge in [-0.05, 0) is 33.6 Å². The Bertz CT molecular complexity index is 145. The van der Waals surface area contributed by atoms with Crippen molar-refractivity contribution < 1.29 is 14.9 Å². The van der Waals surface area contributed by atoms with Gasteiger partial charge in [0.2, 0.25) is 0 Å². The Morgan fingerprint density at radius 3 is 1.85 bits per heavy atom. The van der Waals surface area contributed by atoms with Crippen LogP contribution in [0, 0.1) is 5.92 Å². The molecule has 0 rings (SSSR count). The zero-order valence-corrected chi connectivity index (χ0v) is 9.55. The minimum Gasteiger partial charge on any atom is -0.363 e. The molecule has 0 saturated carbocycles. The van der Waals surface area contributed by atoms with E-state index in [0.717, 1.165) is 0 Å². The number of rotatable bonds is 4. The number of hydrogen-bond acceptors (Lipinski definition) is 3. The molecule has 1 atom stereocenters. The summed E-state index contributed by atoms with van der Waals surface area (Å²) in [5, 5.41) is 9.70. The summed E-state index contributed by atoms with van der Waals surface area (Å²) in [5.74, 6) is -0.819. The van der Waals surface area contributed by atoms with Crippen molar-refractivity contribution in [3.05, 3.63) is 0 Å². The van der Waals surface area contributed by atoms with Gasteiger partial charge in [0.1, 0.15) is 0 Å². The van der Waals surface area contributed by atoms with Crippen LogP contribution in [0.2, 0.25) is 0 Å². The predicted molar refractivity (Wildman–Crippen MR) is 52.0 cm³/mol. The monoisotopic (exact) mass is 190 g/mol. The second-order valence-corrected chi connectivity index (χ2v) is 5.05. The molecule has 0 spiro atoms. The lowest BCUT2D eigenvalue weighted by Crippen LogP contribution is -2.34. The van der Waals surface area contributed by atoms with Crippen LogP contribution < -0.4 is 0 Å². The van der Waals surface area contributed by atoms with E-state index < -0.39 is 5.79 Å². The highest BCUT2D eigenvalue weighted by Crippen LogP contribution is 2.20. The first-order valence-electron chi connectivity index (χ1n) is 4.72. The fourth-order valence-electron chi connectivity index (χ4n) is 1.01. The zero-order valence-electron chi connectivity index (χ0n) is 9.55. The van der Waals surface area contributed by atoms with Gasteiger partial charge in [-0.2, -0.15) is 0 Å². The molecule has 0 heterocycles. The standard InChI is InChI=1S/C10H22O3/c1-8(2)7-10(6,11)13-12-9(3,4)5/h8,11H,7H2,1-6H3. The summed E-state index contributed by atoms with van der Waals surface area (Å²) in [4.78, 5) is 10.0. The molecule has 0 amide bonds. The molecule has 0 bridgehead atoms. The van der Waals surface area contributed by atoms with Crippen molar-refractivity contribution in [3.63, 3.8) is 0 Å². The average molecular weight is 190 g/mol. The molecule has 0 aromatic heterocycles. The van der Waals surface area contributed by atoms with E-state index in [9.17, 15) is 5.11 Å². The van der Waals surface area contributed by atoms with Crippen LogP contribution in [0.15, 0.2) is 0 Å². The van der Waals surface area contributed by atoms with Gasteiger partial charge < -0.3 is 5.11 Å². The summed E-state index contributed by atoms with van der Waals surface area (Å²) in [5.41, 5.74) is -0.388. The van der Waals surface area contributed by atoms with Crippen molar-refractivity contribution in [1.29, 1.82) is 0 Å². The first-order valence-corrected chi connectivity index (χ1v) is 4.72. The summed E-state index contributed by atoms with van der Waals surface area (Å²) in [6, 6.07) is 0. The van der Waals surface area contributed by atoms with Crippen LogP contribution in [0.1, 0.15) is 48.0 Å². The Balaban J connectivity index is 3.89. The first-order chi connectivity index (χ1) is 5.62. The largest absolute Gasteiger partial charge is 0.363 e. The molecular formula is C10H22O3. The lowest BCUT2D eigenvalue weighted by atomic mass is 10.0. The van der Waals surface area contributed by atoms with Crippen LogP contribution in [0.4, 0.5) is 0 Å². The molecule has 0 aliphatic carbocycles. The van der Waals surface area contributed by atoms with Crippen molar-refractivity contribution in [2.24, 2.45) is 5.92 Å². The summed E-state index contributed by atoms with van der Waals surface area (Å²) >= 11 is 0. The lowest BCUT2D eigenvalue weighted by molar-refractivity contribution is -0.449. The fourth-order valence-corrected chi connectivity index (χ4v) is 1.01. The van der Waals surface area contributed by atoms with Crippen molar-refractivity contribution in [2.75, 3.05) is 0 Å². The van der Waals surface area contributed by atoms with E-state index in [1.165, 1.54) is 0 Å². The topological polar surface area (TPSA) is 38.7 Å². The Kier molecular flexibility index (Phi) is 4.36. The van der Waals surface area contributed by atoms with Crippen molar-refractivity contribution >= 4 is 0 Å². The van der Waals surface area contributed by atoms with Crippen LogP contribution in [0.5, 0.6) is 0 Å². The predicted octanol–water partition coefficient (Wildman–Crippen LogP) is 2.49. The molecule has 0 fully saturated rings. The highest BCUT2D eigenvalue weighted by molar-refractivity contribution is 4.62. The Labute approximate surface area is 81.0 Å².